The standard InChI is InChI=1S/C14H17NO4S/c1-10-3-6-13(7-4-10)20(17,18)15-9-12-5-8-14(19-12)11(2)16/h3-8,11,15-16H,9H2,1-2H3. The third-order valence-corrected chi connectivity index (χ3v) is 4.28. The topological polar surface area (TPSA) is 79.5 Å². The Labute approximate surface area is 118 Å². The zero-order chi connectivity index (χ0) is 14.8. The van der Waals surface area contributed by atoms with E-state index in [1.165, 1.54) is 0 Å². The van der Waals surface area contributed by atoms with Crippen molar-refractivity contribution in [3.63, 3.8) is 0 Å². The second-order valence-electron chi connectivity index (χ2n) is 4.62. The number of sulfonamides is 1. The van der Waals surface area contributed by atoms with Gasteiger partial charge in [0.25, 0.3) is 0 Å². The second kappa shape index (κ2) is 5.78. The molecule has 1 unspecified atom stereocenters. The smallest absolute Gasteiger partial charge is 0.240 e. The summed E-state index contributed by atoms with van der Waals surface area (Å²) in [7, 11) is -3.56. The Bertz CT molecular complexity index is 671. The van der Waals surface area contributed by atoms with Gasteiger partial charge in [0, 0.05) is 0 Å². The van der Waals surface area contributed by atoms with E-state index in [0.29, 0.717) is 11.5 Å². The summed E-state index contributed by atoms with van der Waals surface area (Å²) in [5.41, 5.74) is 0.997. The van der Waals surface area contributed by atoms with Crippen LogP contribution in [0.4, 0.5) is 0 Å². The Morgan fingerprint density at radius 1 is 1.20 bits per heavy atom. The molecule has 0 aliphatic rings. The Hall–Kier alpha value is -1.63. The van der Waals surface area contributed by atoms with Gasteiger partial charge in [0.2, 0.25) is 10.0 Å². The van der Waals surface area contributed by atoms with Gasteiger partial charge in [-0.1, -0.05) is 17.7 Å². The minimum atomic E-state index is -3.56. The number of aliphatic hydroxyl groups is 1. The Balaban J connectivity index is 2.07. The molecular formula is C14H17NO4S. The molecule has 0 saturated carbocycles. The van der Waals surface area contributed by atoms with Crippen molar-refractivity contribution in [3.8, 4) is 0 Å². The Kier molecular flexibility index (Phi) is 4.27. The highest BCUT2D eigenvalue weighted by Gasteiger charge is 2.15. The van der Waals surface area contributed by atoms with Crippen LogP contribution in [-0.2, 0) is 16.6 Å². The van der Waals surface area contributed by atoms with Crippen LogP contribution < -0.4 is 4.72 Å². The third kappa shape index (κ3) is 3.47. The lowest BCUT2D eigenvalue weighted by Crippen LogP contribution is -2.22. The molecule has 0 fully saturated rings. The van der Waals surface area contributed by atoms with Gasteiger partial charge in [-0.3, -0.25) is 0 Å². The van der Waals surface area contributed by atoms with E-state index in [4.69, 9.17) is 4.42 Å². The van der Waals surface area contributed by atoms with Gasteiger partial charge in [-0.15, -0.1) is 0 Å². The molecule has 1 atom stereocenters. The number of furan rings is 1. The first-order valence-electron chi connectivity index (χ1n) is 6.21. The largest absolute Gasteiger partial charge is 0.462 e. The van der Waals surface area contributed by atoms with Crippen LogP contribution in [0.3, 0.4) is 0 Å². The lowest BCUT2D eigenvalue weighted by atomic mass is 10.2. The van der Waals surface area contributed by atoms with Crippen molar-refractivity contribution < 1.29 is 17.9 Å². The van der Waals surface area contributed by atoms with Gasteiger partial charge >= 0.3 is 0 Å². The van der Waals surface area contributed by atoms with E-state index >= 15 is 0 Å². The van der Waals surface area contributed by atoms with Crippen LogP contribution in [0.25, 0.3) is 0 Å². The van der Waals surface area contributed by atoms with Gasteiger partial charge in [0.15, 0.2) is 0 Å². The Morgan fingerprint density at radius 3 is 2.40 bits per heavy atom. The van der Waals surface area contributed by atoms with Crippen LogP contribution in [0.5, 0.6) is 0 Å². The summed E-state index contributed by atoms with van der Waals surface area (Å²) in [6.45, 7) is 3.52. The molecule has 5 nitrogen and oxygen atoms in total. The lowest BCUT2D eigenvalue weighted by Gasteiger charge is -2.06. The highest BCUT2D eigenvalue weighted by molar-refractivity contribution is 7.89. The Morgan fingerprint density at radius 2 is 1.85 bits per heavy atom. The van der Waals surface area contributed by atoms with E-state index in [2.05, 4.69) is 4.72 Å². The average Bonchev–Trinajstić information content (AvgIpc) is 2.86. The van der Waals surface area contributed by atoms with Gasteiger partial charge < -0.3 is 9.52 Å². The number of benzene rings is 1. The van der Waals surface area contributed by atoms with E-state index < -0.39 is 16.1 Å². The SMILES string of the molecule is Cc1ccc(S(=O)(=O)NCc2ccc(C(C)O)o2)cc1. The van der Waals surface area contributed by atoms with Crippen molar-refractivity contribution in [1.29, 1.82) is 0 Å². The van der Waals surface area contributed by atoms with Crippen molar-refractivity contribution in [2.45, 2.75) is 31.4 Å². The summed E-state index contributed by atoms with van der Waals surface area (Å²) in [4.78, 5) is 0.213. The molecule has 2 aromatic rings. The highest BCUT2D eigenvalue weighted by Crippen LogP contribution is 2.16. The van der Waals surface area contributed by atoms with Crippen LogP contribution >= 0.6 is 0 Å². The quantitative estimate of drug-likeness (QED) is 0.885. The van der Waals surface area contributed by atoms with E-state index in [-0.39, 0.29) is 11.4 Å². The molecule has 108 valence electrons. The number of nitrogens with one attached hydrogen (secondary N) is 1. The molecule has 0 saturated heterocycles. The zero-order valence-electron chi connectivity index (χ0n) is 11.3. The fourth-order valence-electron chi connectivity index (χ4n) is 1.68. The molecule has 1 aromatic heterocycles. The number of aryl methyl sites for hydroxylation is 1. The summed E-state index contributed by atoms with van der Waals surface area (Å²) in [6.07, 6.45) is -0.711. The fraction of sp³-hybridized carbons (Fsp3) is 0.286. The van der Waals surface area contributed by atoms with Crippen molar-refractivity contribution in [1.82, 2.24) is 4.72 Å². The van der Waals surface area contributed by atoms with Crippen LogP contribution in [0.2, 0.25) is 0 Å². The number of rotatable bonds is 5. The van der Waals surface area contributed by atoms with Gasteiger partial charge in [-0.2, -0.15) is 0 Å². The van der Waals surface area contributed by atoms with Crippen LogP contribution in [-0.4, -0.2) is 13.5 Å². The van der Waals surface area contributed by atoms with Gasteiger partial charge in [0.05, 0.1) is 11.4 Å². The summed E-state index contributed by atoms with van der Waals surface area (Å²) in [6, 6.07) is 9.86. The number of hydrogen-bond acceptors (Lipinski definition) is 4. The van der Waals surface area contributed by atoms with Crippen LogP contribution in [0.15, 0.2) is 45.7 Å². The molecule has 0 aliphatic heterocycles. The average molecular weight is 295 g/mol. The molecule has 0 radical (unpaired) electrons. The molecule has 0 bridgehead atoms. The minimum Gasteiger partial charge on any atom is -0.462 e. The van der Waals surface area contributed by atoms with E-state index in [9.17, 15) is 13.5 Å². The molecule has 0 aliphatic carbocycles. The minimum absolute atomic E-state index is 0.0446. The van der Waals surface area contributed by atoms with Gasteiger partial charge in [-0.25, -0.2) is 13.1 Å². The second-order valence-corrected chi connectivity index (χ2v) is 6.38. The predicted octanol–water partition coefficient (Wildman–Crippen LogP) is 2.12. The van der Waals surface area contributed by atoms with E-state index in [1.807, 2.05) is 6.92 Å². The molecule has 2 N–H and O–H groups in total. The summed E-state index contributed by atoms with van der Waals surface area (Å²) in [5.74, 6) is 0.867. The first kappa shape index (κ1) is 14.8. The molecular weight excluding hydrogens is 278 g/mol. The molecule has 20 heavy (non-hydrogen) atoms. The molecule has 0 spiro atoms. The predicted molar refractivity (Wildman–Crippen MR) is 74.5 cm³/mol. The molecule has 1 aromatic carbocycles. The van der Waals surface area contributed by atoms with Gasteiger partial charge in [0.1, 0.15) is 17.6 Å². The molecule has 1 heterocycles. The van der Waals surface area contributed by atoms with Crippen molar-refractivity contribution in [2.75, 3.05) is 0 Å². The maximum absolute atomic E-state index is 12.1. The summed E-state index contributed by atoms with van der Waals surface area (Å²) >= 11 is 0. The third-order valence-electron chi connectivity index (χ3n) is 2.86. The van der Waals surface area contributed by atoms with Crippen molar-refractivity contribution in [2.24, 2.45) is 0 Å². The van der Waals surface area contributed by atoms with Gasteiger partial charge in [-0.05, 0) is 38.1 Å². The van der Waals surface area contributed by atoms with Crippen molar-refractivity contribution >= 4 is 10.0 Å². The number of aliphatic hydroxyl groups excluding tert-OH is 1. The van der Waals surface area contributed by atoms with E-state index in [1.54, 1.807) is 43.3 Å². The first-order chi connectivity index (χ1) is 9.38. The molecule has 2 rings (SSSR count). The lowest BCUT2D eigenvalue weighted by molar-refractivity contribution is 0.167. The zero-order valence-corrected chi connectivity index (χ0v) is 12.1. The summed E-state index contributed by atoms with van der Waals surface area (Å²) in [5, 5.41) is 9.34. The maximum atomic E-state index is 12.1. The monoisotopic (exact) mass is 295 g/mol. The summed E-state index contributed by atoms with van der Waals surface area (Å²) < 4.78 is 31.9. The molecule has 6 heteroatoms. The maximum Gasteiger partial charge on any atom is 0.240 e. The number of hydrogen-bond donors (Lipinski definition) is 2. The van der Waals surface area contributed by atoms with Crippen LogP contribution in [0.1, 0.15) is 30.1 Å². The van der Waals surface area contributed by atoms with E-state index in [0.717, 1.165) is 5.56 Å². The van der Waals surface area contributed by atoms with Crippen LogP contribution in [0, 0.1) is 6.92 Å². The van der Waals surface area contributed by atoms with Crippen molar-refractivity contribution in [3.05, 3.63) is 53.5 Å². The molecule has 0 amide bonds. The fourth-order valence-corrected chi connectivity index (χ4v) is 2.67. The first-order valence-corrected chi connectivity index (χ1v) is 7.70. The normalized spacial score (nSPS) is 13.3. The highest BCUT2D eigenvalue weighted by atomic mass is 32.2.